The SMILES string of the molecule is CCCCO[Si](c1ccccc1)(c1ccccc1)C(C)(C)C. The Kier molecular flexibility index (Phi) is 5.60. The van der Waals surface area contributed by atoms with Gasteiger partial charge in [0.1, 0.15) is 0 Å². The van der Waals surface area contributed by atoms with Crippen molar-refractivity contribution in [2.75, 3.05) is 6.61 Å². The molecule has 0 amide bonds. The van der Waals surface area contributed by atoms with E-state index in [2.05, 4.69) is 88.4 Å². The maximum Gasteiger partial charge on any atom is 0.261 e. The molecule has 0 spiro atoms. The Labute approximate surface area is 136 Å². The number of benzene rings is 2. The molecule has 0 saturated heterocycles. The zero-order chi connectivity index (χ0) is 16.1. The van der Waals surface area contributed by atoms with E-state index in [1.807, 2.05) is 0 Å². The quantitative estimate of drug-likeness (QED) is 0.569. The highest BCUT2D eigenvalue weighted by atomic mass is 28.4. The second kappa shape index (κ2) is 7.25. The van der Waals surface area contributed by atoms with E-state index in [1.54, 1.807) is 0 Å². The first-order chi connectivity index (χ1) is 10.5. The van der Waals surface area contributed by atoms with Crippen molar-refractivity contribution in [3.63, 3.8) is 0 Å². The van der Waals surface area contributed by atoms with Crippen LogP contribution in [0.4, 0.5) is 0 Å². The summed E-state index contributed by atoms with van der Waals surface area (Å²) in [5, 5.41) is 2.82. The van der Waals surface area contributed by atoms with Gasteiger partial charge in [-0.15, -0.1) is 0 Å². The van der Waals surface area contributed by atoms with E-state index >= 15 is 0 Å². The highest BCUT2D eigenvalue weighted by molar-refractivity contribution is 6.99. The maximum atomic E-state index is 6.75. The van der Waals surface area contributed by atoms with Crippen molar-refractivity contribution in [3.05, 3.63) is 60.7 Å². The minimum absolute atomic E-state index is 0.0868. The van der Waals surface area contributed by atoms with E-state index in [9.17, 15) is 0 Å². The normalized spacial score (nSPS) is 12.4. The minimum atomic E-state index is -2.29. The molecule has 2 heteroatoms. The van der Waals surface area contributed by atoms with Crippen molar-refractivity contribution in [2.45, 2.75) is 45.6 Å². The molecule has 0 aliphatic heterocycles. The lowest BCUT2D eigenvalue weighted by Gasteiger charge is -2.43. The Bertz CT molecular complexity index is 518. The van der Waals surface area contributed by atoms with E-state index < -0.39 is 8.32 Å². The summed E-state index contributed by atoms with van der Waals surface area (Å²) in [4.78, 5) is 0. The van der Waals surface area contributed by atoms with Crippen molar-refractivity contribution < 1.29 is 4.43 Å². The fourth-order valence-corrected chi connectivity index (χ4v) is 7.74. The molecule has 0 heterocycles. The predicted molar refractivity (Wildman–Crippen MR) is 98.5 cm³/mol. The van der Waals surface area contributed by atoms with Crippen molar-refractivity contribution in [3.8, 4) is 0 Å². The van der Waals surface area contributed by atoms with Crippen LogP contribution in [0.15, 0.2) is 60.7 Å². The van der Waals surface area contributed by atoms with Gasteiger partial charge in [-0.3, -0.25) is 0 Å². The van der Waals surface area contributed by atoms with E-state index in [1.165, 1.54) is 10.4 Å². The summed E-state index contributed by atoms with van der Waals surface area (Å²) < 4.78 is 6.75. The fourth-order valence-electron chi connectivity index (χ4n) is 3.13. The summed E-state index contributed by atoms with van der Waals surface area (Å²) in [7, 11) is -2.29. The third kappa shape index (κ3) is 3.34. The van der Waals surface area contributed by atoms with Gasteiger partial charge in [0.05, 0.1) is 0 Å². The molecule has 0 bridgehead atoms. The van der Waals surface area contributed by atoms with Gasteiger partial charge in [0.2, 0.25) is 0 Å². The lowest BCUT2D eigenvalue weighted by molar-refractivity contribution is 0.290. The van der Waals surface area contributed by atoms with Crippen molar-refractivity contribution in [1.82, 2.24) is 0 Å². The van der Waals surface area contributed by atoms with Crippen LogP contribution in [0.3, 0.4) is 0 Å². The molecule has 0 radical (unpaired) electrons. The zero-order valence-corrected chi connectivity index (χ0v) is 15.3. The third-order valence-electron chi connectivity index (χ3n) is 4.23. The van der Waals surface area contributed by atoms with Crippen LogP contribution in [0.1, 0.15) is 40.5 Å². The molecule has 22 heavy (non-hydrogen) atoms. The first kappa shape index (κ1) is 17.0. The molecule has 0 unspecified atom stereocenters. The summed E-state index contributed by atoms with van der Waals surface area (Å²) >= 11 is 0. The van der Waals surface area contributed by atoms with Crippen LogP contribution in [0.5, 0.6) is 0 Å². The van der Waals surface area contributed by atoms with Gasteiger partial charge in [0.25, 0.3) is 8.32 Å². The smallest absolute Gasteiger partial charge is 0.261 e. The summed E-state index contributed by atoms with van der Waals surface area (Å²) in [6.07, 6.45) is 2.28. The molecular formula is C20H28OSi. The van der Waals surface area contributed by atoms with Gasteiger partial charge in [0, 0.05) is 6.61 Å². The Morgan fingerprint density at radius 3 is 1.64 bits per heavy atom. The maximum absolute atomic E-state index is 6.75. The lowest BCUT2D eigenvalue weighted by Crippen LogP contribution is -2.66. The predicted octanol–water partition coefficient (Wildman–Crippen LogP) is 4.36. The Morgan fingerprint density at radius 1 is 0.818 bits per heavy atom. The zero-order valence-electron chi connectivity index (χ0n) is 14.3. The van der Waals surface area contributed by atoms with Crippen LogP contribution in [-0.4, -0.2) is 14.9 Å². The highest BCUT2D eigenvalue weighted by Crippen LogP contribution is 2.36. The molecule has 1 nitrogen and oxygen atoms in total. The number of rotatable bonds is 6. The van der Waals surface area contributed by atoms with Crippen LogP contribution in [0.2, 0.25) is 5.04 Å². The fraction of sp³-hybridized carbons (Fsp3) is 0.400. The molecule has 2 rings (SSSR count). The first-order valence-corrected chi connectivity index (χ1v) is 10.2. The summed E-state index contributed by atoms with van der Waals surface area (Å²) in [6, 6.07) is 21.7. The largest absolute Gasteiger partial charge is 0.407 e. The molecule has 0 aliphatic carbocycles. The van der Waals surface area contributed by atoms with Gasteiger partial charge >= 0.3 is 0 Å². The summed E-state index contributed by atoms with van der Waals surface area (Å²) in [5.74, 6) is 0. The number of hydrogen-bond donors (Lipinski definition) is 0. The highest BCUT2D eigenvalue weighted by Gasteiger charge is 2.49. The Balaban J connectivity index is 2.59. The number of hydrogen-bond acceptors (Lipinski definition) is 1. The molecule has 0 N–H and O–H groups in total. The van der Waals surface area contributed by atoms with E-state index in [-0.39, 0.29) is 5.04 Å². The molecule has 0 saturated carbocycles. The van der Waals surface area contributed by atoms with Crippen LogP contribution >= 0.6 is 0 Å². The van der Waals surface area contributed by atoms with Gasteiger partial charge in [0.15, 0.2) is 0 Å². The average Bonchev–Trinajstić information content (AvgIpc) is 2.52. The molecule has 118 valence electrons. The molecule has 0 aliphatic rings. The van der Waals surface area contributed by atoms with Crippen molar-refractivity contribution in [2.24, 2.45) is 0 Å². The average molecular weight is 313 g/mol. The summed E-state index contributed by atoms with van der Waals surface area (Å²) in [6.45, 7) is 10.0. The molecule has 2 aromatic rings. The van der Waals surface area contributed by atoms with Crippen LogP contribution in [-0.2, 0) is 4.43 Å². The van der Waals surface area contributed by atoms with Crippen LogP contribution < -0.4 is 10.4 Å². The molecule has 0 aromatic heterocycles. The van der Waals surface area contributed by atoms with Gasteiger partial charge in [-0.25, -0.2) is 0 Å². The van der Waals surface area contributed by atoms with Crippen molar-refractivity contribution >= 4 is 18.7 Å². The second-order valence-corrected chi connectivity index (χ2v) is 11.2. The van der Waals surface area contributed by atoms with E-state index in [0.29, 0.717) is 0 Å². The molecule has 0 fully saturated rings. The minimum Gasteiger partial charge on any atom is -0.407 e. The van der Waals surface area contributed by atoms with Gasteiger partial charge < -0.3 is 4.43 Å². The summed E-state index contributed by atoms with van der Waals surface area (Å²) in [5.41, 5.74) is 0. The van der Waals surface area contributed by atoms with Crippen LogP contribution in [0, 0.1) is 0 Å². The van der Waals surface area contributed by atoms with Gasteiger partial charge in [-0.1, -0.05) is 94.8 Å². The van der Waals surface area contributed by atoms with Gasteiger partial charge in [-0.2, -0.15) is 0 Å². The molecule has 2 aromatic carbocycles. The van der Waals surface area contributed by atoms with E-state index in [0.717, 1.165) is 19.4 Å². The number of unbranched alkanes of at least 4 members (excludes halogenated alkanes) is 1. The second-order valence-electron chi connectivity index (χ2n) is 6.87. The van der Waals surface area contributed by atoms with Crippen LogP contribution in [0.25, 0.3) is 0 Å². The Hall–Kier alpha value is -1.38. The third-order valence-corrected chi connectivity index (χ3v) is 9.28. The standard InChI is InChI=1S/C20H28OSi/c1-5-6-17-21-22(20(2,3)4,18-13-9-7-10-14-18)19-15-11-8-12-16-19/h7-16H,5-6,17H2,1-4H3. The van der Waals surface area contributed by atoms with Gasteiger partial charge in [-0.05, 0) is 21.8 Å². The lowest BCUT2D eigenvalue weighted by atomic mass is 10.2. The van der Waals surface area contributed by atoms with E-state index in [4.69, 9.17) is 4.43 Å². The topological polar surface area (TPSA) is 9.23 Å². The molecular weight excluding hydrogens is 284 g/mol. The Morgan fingerprint density at radius 2 is 1.27 bits per heavy atom. The first-order valence-electron chi connectivity index (χ1n) is 8.27. The monoisotopic (exact) mass is 312 g/mol. The van der Waals surface area contributed by atoms with Crippen molar-refractivity contribution in [1.29, 1.82) is 0 Å². The molecule has 0 atom stereocenters.